The summed E-state index contributed by atoms with van der Waals surface area (Å²) in [5.41, 5.74) is -0.914. The third-order valence-electron chi connectivity index (χ3n) is 5.95. The topological polar surface area (TPSA) is 93.9 Å². The lowest BCUT2D eigenvalue weighted by atomic mass is 9.67. The Morgan fingerprint density at radius 2 is 2.16 bits per heavy atom. The monoisotopic (exact) mass is 371 g/mol. The Morgan fingerprint density at radius 3 is 2.92 bits per heavy atom. The van der Waals surface area contributed by atoms with Gasteiger partial charge in [0.1, 0.15) is 4.90 Å². The van der Waals surface area contributed by atoms with E-state index in [9.17, 15) is 13.5 Å². The molecule has 0 unspecified atom stereocenters. The lowest BCUT2D eigenvalue weighted by Gasteiger charge is -2.56. The van der Waals surface area contributed by atoms with Gasteiger partial charge in [-0.15, -0.1) is 0 Å². The molecule has 0 saturated carbocycles. The average molecular weight is 371 g/mol. The highest BCUT2D eigenvalue weighted by molar-refractivity contribution is 7.89. The first-order valence-electron chi connectivity index (χ1n) is 8.89. The Morgan fingerprint density at radius 1 is 1.36 bits per heavy atom. The van der Waals surface area contributed by atoms with Crippen LogP contribution in [0.4, 0.5) is 0 Å². The zero-order valence-corrected chi connectivity index (χ0v) is 15.2. The molecule has 140 valence electrons. The number of aliphatic hydroxyl groups is 1. The average Bonchev–Trinajstić information content (AvgIpc) is 3.11. The normalized spacial score (nSPS) is 36.6. The summed E-state index contributed by atoms with van der Waals surface area (Å²) < 4.78 is 40.8. The molecule has 9 heteroatoms. The number of nitrogens with zero attached hydrogens (tertiary/aromatic N) is 3. The van der Waals surface area contributed by atoms with Crippen LogP contribution in [-0.2, 0) is 26.0 Å². The number of fused-ring (bicyclic) bond motifs is 3. The van der Waals surface area contributed by atoms with Gasteiger partial charge in [-0.1, -0.05) is 0 Å². The van der Waals surface area contributed by atoms with Crippen LogP contribution in [0.3, 0.4) is 0 Å². The Balaban J connectivity index is 1.71. The summed E-state index contributed by atoms with van der Waals surface area (Å²) >= 11 is 0. The first-order valence-corrected chi connectivity index (χ1v) is 10.3. The molecular weight excluding hydrogens is 346 g/mol. The highest BCUT2D eigenvalue weighted by Crippen LogP contribution is 2.45. The van der Waals surface area contributed by atoms with Gasteiger partial charge in [0.25, 0.3) is 0 Å². The van der Waals surface area contributed by atoms with E-state index in [0.29, 0.717) is 45.8 Å². The molecule has 0 aromatic carbocycles. The molecule has 0 radical (unpaired) electrons. The second-order valence-electron chi connectivity index (χ2n) is 7.16. The summed E-state index contributed by atoms with van der Waals surface area (Å²) in [6.45, 7) is 4.59. The zero-order chi connectivity index (χ0) is 17.7. The lowest BCUT2D eigenvalue weighted by Crippen LogP contribution is -2.68. The molecule has 3 fully saturated rings. The summed E-state index contributed by atoms with van der Waals surface area (Å²) in [4.78, 5) is 0.210. The van der Waals surface area contributed by atoms with E-state index in [4.69, 9.17) is 9.47 Å². The molecule has 3 aliphatic rings. The van der Waals surface area contributed by atoms with Gasteiger partial charge in [-0.3, -0.25) is 4.68 Å². The van der Waals surface area contributed by atoms with E-state index in [2.05, 4.69) is 5.10 Å². The molecule has 1 N–H and O–H groups in total. The predicted octanol–water partition coefficient (Wildman–Crippen LogP) is 0.0800. The number of piperidine rings is 1. The van der Waals surface area contributed by atoms with Crippen molar-refractivity contribution >= 4 is 10.0 Å². The Labute approximate surface area is 147 Å². The summed E-state index contributed by atoms with van der Waals surface area (Å²) in [5, 5.41) is 15.4. The van der Waals surface area contributed by atoms with Crippen LogP contribution in [-0.4, -0.2) is 72.2 Å². The van der Waals surface area contributed by atoms with Gasteiger partial charge in [0.15, 0.2) is 0 Å². The largest absolute Gasteiger partial charge is 0.389 e. The molecule has 0 aliphatic carbocycles. The van der Waals surface area contributed by atoms with E-state index in [0.717, 1.165) is 0 Å². The van der Waals surface area contributed by atoms with Crippen molar-refractivity contribution in [2.75, 3.05) is 33.0 Å². The first-order chi connectivity index (χ1) is 12.0. The second-order valence-corrected chi connectivity index (χ2v) is 9.05. The van der Waals surface area contributed by atoms with Crippen molar-refractivity contribution in [1.82, 2.24) is 14.1 Å². The van der Waals surface area contributed by atoms with Crippen LogP contribution >= 0.6 is 0 Å². The molecule has 25 heavy (non-hydrogen) atoms. The molecule has 0 bridgehead atoms. The maximum atomic E-state index is 13.3. The van der Waals surface area contributed by atoms with Gasteiger partial charge in [-0.2, -0.15) is 9.40 Å². The standard InChI is InChI=1S/C16H25N3O5S/c1-2-18-9-13(7-17-18)25(21,22)19-8-12-10-24-6-4-16(12,20)14-11-23-5-3-15(14)19/h7,9,12,14-15,20H,2-6,8,10-11H2,1H3/t12-,14+,15-,16-/m0/s1. The number of ether oxygens (including phenoxy) is 2. The zero-order valence-electron chi connectivity index (χ0n) is 14.4. The third-order valence-corrected chi connectivity index (χ3v) is 7.79. The number of sulfonamides is 1. The summed E-state index contributed by atoms with van der Waals surface area (Å²) in [7, 11) is -3.67. The minimum Gasteiger partial charge on any atom is -0.389 e. The number of rotatable bonds is 3. The third kappa shape index (κ3) is 2.73. The van der Waals surface area contributed by atoms with Crippen molar-refractivity contribution in [2.45, 2.75) is 42.8 Å². The maximum absolute atomic E-state index is 13.3. The molecule has 1 aromatic rings. The van der Waals surface area contributed by atoms with Crippen LogP contribution in [0.5, 0.6) is 0 Å². The van der Waals surface area contributed by atoms with Crippen molar-refractivity contribution in [3.8, 4) is 0 Å². The van der Waals surface area contributed by atoms with Gasteiger partial charge in [0.2, 0.25) is 10.0 Å². The Kier molecular flexibility index (Phi) is 4.40. The summed E-state index contributed by atoms with van der Waals surface area (Å²) in [6.07, 6.45) is 4.11. The van der Waals surface area contributed by atoms with Gasteiger partial charge in [-0.05, 0) is 13.3 Å². The molecule has 8 nitrogen and oxygen atoms in total. The molecule has 4 atom stereocenters. The van der Waals surface area contributed by atoms with Crippen LogP contribution in [0.1, 0.15) is 19.8 Å². The fourth-order valence-electron chi connectivity index (χ4n) is 4.47. The van der Waals surface area contributed by atoms with E-state index in [-0.39, 0.29) is 29.3 Å². The van der Waals surface area contributed by atoms with Gasteiger partial charge in [-0.25, -0.2) is 8.42 Å². The molecule has 1 aromatic heterocycles. The number of hydrogen-bond acceptors (Lipinski definition) is 6. The maximum Gasteiger partial charge on any atom is 0.246 e. The predicted molar refractivity (Wildman–Crippen MR) is 88.4 cm³/mol. The Bertz CT molecular complexity index is 736. The van der Waals surface area contributed by atoms with Crippen molar-refractivity contribution in [2.24, 2.45) is 11.8 Å². The van der Waals surface area contributed by atoms with Crippen LogP contribution in [0, 0.1) is 11.8 Å². The highest BCUT2D eigenvalue weighted by Gasteiger charge is 2.57. The molecule has 4 rings (SSSR count). The summed E-state index contributed by atoms with van der Waals surface area (Å²) in [6, 6.07) is -0.247. The van der Waals surface area contributed by atoms with Crippen LogP contribution in [0.15, 0.2) is 17.3 Å². The van der Waals surface area contributed by atoms with E-state index < -0.39 is 15.6 Å². The first kappa shape index (κ1) is 17.4. The van der Waals surface area contributed by atoms with Gasteiger partial charge in [0.05, 0.1) is 25.0 Å². The van der Waals surface area contributed by atoms with Crippen molar-refractivity contribution in [3.63, 3.8) is 0 Å². The molecule has 0 amide bonds. The summed E-state index contributed by atoms with van der Waals surface area (Å²) in [5.74, 6) is -0.458. The lowest BCUT2D eigenvalue weighted by molar-refractivity contribution is -0.207. The minimum atomic E-state index is -3.67. The van der Waals surface area contributed by atoms with Crippen molar-refractivity contribution in [1.29, 1.82) is 0 Å². The van der Waals surface area contributed by atoms with E-state index in [1.54, 1.807) is 15.2 Å². The highest BCUT2D eigenvalue weighted by atomic mass is 32.2. The molecule has 4 heterocycles. The Hall–Kier alpha value is -1.00. The van der Waals surface area contributed by atoms with Crippen molar-refractivity contribution in [3.05, 3.63) is 12.4 Å². The minimum absolute atomic E-state index is 0.210. The van der Waals surface area contributed by atoms with Crippen LogP contribution < -0.4 is 0 Å². The molecular formula is C16H25N3O5S. The molecule has 3 saturated heterocycles. The fraction of sp³-hybridized carbons (Fsp3) is 0.812. The van der Waals surface area contributed by atoms with Crippen LogP contribution in [0.2, 0.25) is 0 Å². The smallest absolute Gasteiger partial charge is 0.246 e. The fourth-order valence-corrected chi connectivity index (χ4v) is 6.16. The SMILES string of the molecule is CCn1cc(S(=O)(=O)N2C[C@H]3COCC[C@@]3(O)[C@@H]3COCC[C@@H]32)cn1. The van der Waals surface area contributed by atoms with Crippen molar-refractivity contribution < 1.29 is 23.0 Å². The van der Waals surface area contributed by atoms with Gasteiger partial charge in [0, 0.05) is 56.8 Å². The van der Waals surface area contributed by atoms with E-state index >= 15 is 0 Å². The van der Waals surface area contributed by atoms with Crippen LogP contribution in [0.25, 0.3) is 0 Å². The second kappa shape index (κ2) is 6.31. The quantitative estimate of drug-likeness (QED) is 0.809. The van der Waals surface area contributed by atoms with E-state index in [1.165, 1.54) is 6.20 Å². The van der Waals surface area contributed by atoms with Gasteiger partial charge >= 0.3 is 0 Å². The number of hydrogen-bond donors (Lipinski definition) is 1. The number of aromatic nitrogens is 2. The number of aryl methyl sites for hydroxylation is 1. The molecule has 3 aliphatic heterocycles. The van der Waals surface area contributed by atoms with E-state index in [1.807, 2.05) is 6.92 Å². The van der Waals surface area contributed by atoms with Gasteiger partial charge < -0.3 is 14.6 Å². The molecule has 0 spiro atoms.